The molecule has 11 heavy (non-hydrogen) atoms. The number of rotatable bonds is 5. The largest absolute Gasteiger partial charge is 0.598 e. The van der Waals surface area contributed by atoms with E-state index in [2.05, 4.69) is 25.9 Å². The van der Waals surface area contributed by atoms with E-state index in [1.54, 1.807) is 0 Å². The molecule has 0 N–H and O–H groups in total. The van der Waals surface area contributed by atoms with Crippen molar-refractivity contribution in [3.05, 3.63) is 0 Å². The zero-order chi connectivity index (χ0) is 8.36. The van der Waals surface area contributed by atoms with Crippen molar-refractivity contribution < 1.29 is 0 Å². The molecule has 0 saturated heterocycles. The van der Waals surface area contributed by atoms with Crippen molar-refractivity contribution >= 4 is 44.3 Å². The SMILES string of the molecule is [Cl][Mg][C]#CCCCCCCBr. The van der Waals surface area contributed by atoms with E-state index in [-0.39, 0.29) is 0 Å². The van der Waals surface area contributed by atoms with Crippen LogP contribution >= 0.6 is 25.0 Å². The Labute approximate surface area is 91.1 Å². The van der Waals surface area contributed by atoms with Crippen LogP contribution in [-0.2, 0) is 0 Å². The molecule has 0 aliphatic heterocycles. The molecule has 0 radical (unpaired) electrons. The van der Waals surface area contributed by atoms with E-state index in [0.29, 0.717) is 0 Å². The van der Waals surface area contributed by atoms with Gasteiger partial charge in [-0.05, 0) is 12.8 Å². The second-order valence-electron chi connectivity index (χ2n) is 2.34. The Hall–Kier alpha value is 1.10. The van der Waals surface area contributed by atoms with Crippen molar-refractivity contribution in [1.82, 2.24) is 0 Å². The van der Waals surface area contributed by atoms with Gasteiger partial charge in [0.15, 0.2) is 0 Å². The summed E-state index contributed by atoms with van der Waals surface area (Å²) in [5, 5.41) is 1.13. The molecule has 0 atom stereocenters. The second-order valence-corrected chi connectivity index (χ2v) is 4.56. The molecule has 0 bridgehead atoms. The minimum atomic E-state index is -0.526. The van der Waals surface area contributed by atoms with Gasteiger partial charge < -0.3 is 9.07 Å². The number of alkyl halides is 1. The number of halogens is 2. The molecule has 0 fully saturated rings. The Kier molecular flexibility index (Phi) is 12.2. The lowest BCUT2D eigenvalue weighted by molar-refractivity contribution is 0.685. The smallest absolute Gasteiger partial charge is 0.316 e. The summed E-state index contributed by atoms with van der Waals surface area (Å²) in [4.78, 5) is 0. The van der Waals surface area contributed by atoms with Crippen LogP contribution in [0, 0.1) is 9.97 Å². The van der Waals surface area contributed by atoms with E-state index in [1.165, 1.54) is 25.7 Å². The fraction of sp³-hybridized carbons (Fsp3) is 0.750. The van der Waals surface area contributed by atoms with E-state index < -0.39 is 19.3 Å². The first kappa shape index (κ1) is 12.1. The van der Waals surface area contributed by atoms with Crippen molar-refractivity contribution in [3.63, 3.8) is 0 Å². The van der Waals surface area contributed by atoms with E-state index in [1.807, 2.05) is 0 Å². The Morgan fingerprint density at radius 1 is 1.18 bits per heavy atom. The predicted octanol–water partition coefficient (Wildman–Crippen LogP) is 3.15. The van der Waals surface area contributed by atoms with Crippen LogP contribution in [0.1, 0.15) is 32.1 Å². The summed E-state index contributed by atoms with van der Waals surface area (Å²) in [6.07, 6.45) is 6.21. The highest BCUT2D eigenvalue weighted by Gasteiger charge is 1.86. The third-order valence-corrected chi connectivity index (χ3v) is 2.72. The van der Waals surface area contributed by atoms with Crippen LogP contribution in [0.15, 0.2) is 0 Å². The van der Waals surface area contributed by atoms with Crippen molar-refractivity contribution in [2.75, 3.05) is 5.33 Å². The summed E-state index contributed by atoms with van der Waals surface area (Å²) in [6.45, 7) is 0. The van der Waals surface area contributed by atoms with Crippen molar-refractivity contribution in [3.8, 4) is 9.97 Å². The van der Waals surface area contributed by atoms with Gasteiger partial charge in [-0.15, -0.1) is 5.92 Å². The first-order chi connectivity index (χ1) is 5.41. The molecule has 0 aliphatic rings. The Morgan fingerprint density at radius 3 is 2.55 bits per heavy atom. The summed E-state index contributed by atoms with van der Waals surface area (Å²) >= 11 is 2.88. The first-order valence-corrected chi connectivity index (χ1v) is 7.96. The van der Waals surface area contributed by atoms with Crippen LogP contribution in [-0.4, -0.2) is 24.6 Å². The molecule has 0 aromatic heterocycles. The molecule has 0 amide bonds. The van der Waals surface area contributed by atoms with Crippen LogP contribution in [0.25, 0.3) is 0 Å². The molecular weight excluding hydrogens is 236 g/mol. The van der Waals surface area contributed by atoms with Crippen LogP contribution in [0.4, 0.5) is 0 Å². The molecule has 3 heteroatoms. The summed E-state index contributed by atoms with van der Waals surface area (Å²) < 4.78 is 2.98. The maximum atomic E-state index is 5.52. The average molecular weight is 248 g/mol. The number of unbranched alkanes of at least 4 members (excludes halogenated alkanes) is 4. The van der Waals surface area contributed by atoms with Gasteiger partial charge in [0.05, 0.1) is 0 Å². The van der Waals surface area contributed by atoms with Crippen LogP contribution in [0.5, 0.6) is 0 Å². The molecule has 0 unspecified atom stereocenters. The summed E-state index contributed by atoms with van der Waals surface area (Å²) in [5.74, 6) is 3.08. The normalized spacial score (nSPS) is 8.18. The minimum Gasteiger partial charge on any atom is -0.316 e. The molecule has 0 heterocycles. The summed E-state index contributed by atoms with van der Waals surface area (Å²) in [6, 6.07) is 0. The lowest BCUT2D eigenvalue weighted by Gasteiger charge is -1.93. The average Bonchev–Trinajstić information content (AvgIpc) is 2.03. The van der Waals surface area contributed by atoms with Gasteiger partial charge in [0, 0.05) is 11.8 Å². The van der Waals surface area contributed by atoms with Crippen LogP contribution < -0.4 is 0 Å². The van der Waals surface area contributed by atoms with Crippen molar-refractivity contribution in [1.29, 1.82) is 0 Å². The summed E-state index contributed by atoms with van der Waals surface area (Å²) in [5.41, 5.74) is 0. The predicted molar refractivity (Wildman–Crippen MR) is 56.3 cm³/mol. The van der Waals surface area contributed by atoms with Gasteiger partial charge in [0.25, 0.3) is 0 Å². The molecule has 0 aromatic carbocycles. The molecule has 0 spiro atoms. The fourth-order valence-corrected chi connectivity index (χ4v) is 1.75. The Balaban J connectivity index is 2.90. The molecule has 60 valence electrons. The standard InChI is InChI=1S/C8H12Br.ClH.Mg/c1-2-3-4-5-6-7-8-9;;/h3-8H2;1H;/q;;+1/p-1. The molecule has 0 aliphatic carbocycles. The molecule has 0 saturated carbocycles. The first-order valence-electron chi connectivity index (χ1n) is 3.99. The minimum absolute atomic E-state index is 0.526. The molecule has 0 nitrogen and oxygen atoms in total. The summed E-state index contributed by atoms with van der Waals surface area (Å²) in [7, 11) is 5.52. The zero-order valence-corrected chi connectivity index (χ0v) is 10.5. The third kappa shape index (κ3) is 11.1. The third-order valence-electron chi connectivity index (χ3n) is 1.38. The van der Waals surface area contributed by atoms with Gasteiger partial charge in [0.1, 0.15) is 0 Å². The Morgan fingerprint density at radius 2 is 1.91 bits per heavy atom. The monoisotopic (exact) mass is 246 g/mol. The highest BCUT2D eigenvalue weighted by Crippen LogP contribution is 2.03. The quantitative estimate of drug-likeness (QED) is 0.303. The Bertz CT molecular complexity index is 128. The number of hydrogen-bond donors (Lipinski definition) is 0. The maximum absolute atomic E-state index is 5.52. The molecular formula is C8H12BrClMg. The van der Waals surface area contributed by atoms with Crippen LogP contribution in [0.2, 0.25) is 0 Å². The van der Waals surface area contributed by atoms with Crippen LogP contribution in [0.3, 0.4) is 0 Å². The van der Waals surface area contributed by atoms with E-state index in [9.17, 15) is 0 Å². The van der Waals surface area contributed by atoms with E-state index in [0.717, 1.165) is 11.8 Å². The van der Waals surface area contributed by atoms with Gasteiger partial charge in [0.2, 0.25) is 0 Å². The van der Waals surface area contributed by atoms with Crippen molar-refractivity contribution in [2.24, 2.45) is 0 Å². The second kappa shape index (κ2) is 11.1. The van der Waals surface area contributed by atoms with E-state index in [4.69, 9.17) is 9.07 Å². The zero-order valence-electron chi connectivity index (χ0n) is 6.71. The lowest BCUT2D eigenvalue weighted by atomic mass is 10.2. The lowest BCUT2D eigenvalue weighted by Crippen LogP contribution is -1.78. The van der Waals surface area contributed by atoms with Gasteiger partial charge in [-0.25, -0.2) is 4.05 Å². The molecule has 0 aromatic rings. The van der Waals surface area contributed by atoms with Gasteiger partial charge in [-0.2, -0.15) is 0 Å². The topological polar surface area (TPSA) is 0 Å². The van der Waals surface area contributed by atoms with Gasteiger partial charge in [-0.3, -0.25) is 0 Å². The van der Waals surface area contributed by atoms with E-state index >= 15 is 0 Å². The highest BCUT2D eigenvalue weighted by molar-refractivity contribution is 9.09. The fourth-order valence-electron chi connectivity index (χ4n) is 0.797. The number of hydrogen-bond acceptors (Lipinski definition) is 0. The maximum Gasteiger partial charge on any atom is 0.598 e. The highest BCUT2D eigenvalue weighted by atomic mass is 79.9. The molecule has 0 rings (SSSR count). The van der Waals surface area contributed by atoms with Crippen molar-refractivity contribution in [2.45, 2.75) is 32.1 Å². The van der Waals surface area contributed by atoms with Gasteiger partial charge in [-0.1, -0.05) is 28.8 Å². The van der Waals surface area contributed by atoms with Gasteiger partial charge >= 0.3 is 19.3 Å².